The molecule has 1 aliphatic carbocycles. The number of carboxylic acid groups (broad SMARTS) is 1. The number of carboxylic acids is 1. The molecule has 31 heavy (non-hydrogen) atoms. The highest BCUT2D eigenvalue weighted by Crippen LogP contribution is 2.49. The van der Waals surface area contributed by atoms with Crippen LogP contribution in [0.25, 0.3) is 0 Å². The van der Waals surface area contributed by atoms with Crippen molar-refractivity contribution >= 4 is 34.5 Å². The third-order valence-corrected chi connectivity index (χ3v) is 14.6. The van der Waals surface area contributed by atoms with Crippen LogP contribution in [0.5, 0.6) is 0 Å². The van der Waals surface area contributed by atoms with E-state index in [1.165, 1.54) is 0 Å². The normalized spacial score (nSPS) is 16.7. The second kappa shape index (κ2) is 7.87. The average Bonchev–Trinajstić information content (AvgIpc) is 3.51. The van der Waals surface area contributed by atoms with Crippen LogP contribution in [0.3, 0.4) is 0 Å². The Hall–Kier alpha value is -1.96. The number of carbonyl (C=O) groups is 1. The monoisotopic (exact) mass is 460 g/mol. The SMILES string of the molecule is CC(C)(C)[Si](OCC(C)(C)S(=O)(=O)C1(C(=O)O)CC1)(c1ccccc1)c1ccccc1. The van der Waals surface area contributed by atoms with E-state index in [1.54, 1.807) is 13.8 Å². The fourth-order valence-electron chi connectivity index (χ4n) is 4.36. The first-order chi connectivity index (χ1) is 14.3. The number of sulfone groups is 1. The van der Waals surface area contributed by atoms with Crippen molar-refractivity contribution in [2.24, 2.45) is 0 Å². The number of aliphatic carboxylic acids is 1. The van der Waals surface area contributed by atoms with Crippen molar-refractivity contribution in [1.82, 2.24) is 0 Å². The lowest BCUT2D eigenvalue weighted by Crippen LogP contribution is -2.68. The first-order valence-electron chi connectivity index (χ1n) is 10.5. The lowest BCUT2D eigenvalue weighted by Gasteiger charge is -2.44. The van der Waals surface area contributed by atoms with Gasteiger partial charge in [0.1, 0.15) is 0 Å². The van der Waals surface area contributed by atoms with E-state index in [9.17, 15) is 18.3 Å². The Labute approximate surface area is 186 Å². The van der Waals surface area contributed by atoms with Gasteiger partial charge in [0, 0.05) is 0 Å². The minimum Gasteiger partial charge on any atom is -0.480 e. The summed E-state index contributed by atoms with van der Waals surface area (Å²) in [4.78, 5) is 11.8. The van der Waals surface area contributed by atoms with Crippen molar-refractivity contribution < 1.29 is 22.7 Å². The van der Waals surface area contributed by atoms with E-state index in [1.807, 2.05) is 60.7 Å². The van der Waals surface area contributed by atoms with Crippen molar-refractivity contribution in [2.45, 2.75) is 62.0 Å². The highest BCUT2D eigenvalue weighted by atomic mass is 32.2. The number of benzene rings is 2. The van der Waals surface area contributed by atoms with Crippen LogP contribution in [0.15, 0.2) is 60.7 Å². The summed E-state index contributed by atoms with van der Waals surface area (Å²) in [6.07, 6.45) is 0.320. The van der Waals surface area contributed by atoms with Crippen LogP contribution in [0.2, 0.25) is 5.04 Å². The van der Waals surface area contributed by atoms with Crippen LogP contribution in [0.4, 0.5) is 0 Å². The van der Waals surface area contributed by atoms with E-state index in [4.69, 9.17) is 4.43 Å². The average molecular weight is 461 g/mol. The van der Waals surface area contributed by atoms with Gasteiger partial charge in [0.25, 0.3) is 8.32 Å². The topological polar surface area (TPSA) is 80.7 Å². The molecular formula is C24H32O5SSi. The third kappa shape index (κ3) is 3.77. The van der Waals surface area contributed by atoms with E-state index >= 15 is 0 Å². The molecule has 1 aliphatic rings. The predicted octanol–water partition coefficient (Wildman–Crippen LogP) is 3.37. The molecule has 0 radical (unpaired) electrons. The Morgan fingerprint density at radius 2 is 1.35 bits per heavy atom. The van der Waals surface area contributed by atoms with Crippen LogP contribution in [-0.4, -0.2) is 43.9 Å². The summed E-state index contributed by atoms with van der Waals surface area (Å²) < 4.78 is 30.5. The standard InChI is InChI=1S/C24H32O5SSi/c1-22(2,3)31(19-12-8-6-9-13-19,20-14-10-7-11-15-20)29-18-23(4,5)30(27,28)24(16-17-24)21(25)26/h6-15H,16-18H2,1-5H3,(H,25,26). The molecule has 1 fully saturated rings. The summed E-state index contributed by atoms with van der Waals surface area (Å²) in [5.41, 5.74) is 0. The van der Waals surface area contributed by atoms with Crippen molar-refractivity contribution in [3.8, 4) is 0 Å². The molecule has 0 amide bonds. The molecule has 5 nitrogen and oxygen atoms in total. The molecule has 0 heterocycles. The van der Waals surface area contributed by atoms with Gasteiger partial charge in [-0.25, -0.2) is 8.42 Å². The molecule has 0 aromatic heterocycles. The Bertz CT molecular complexity index is 997. The summed E-state index contributed by atoms with van der Waals surface area (Å²) in [6, 6.07) is 20.0. The molecule has 1 N–H and O–H groups in total. The van der Waals surface area contributed by atoms with Crippen LogP contribution in [0, 0.1) is 0 Å². The van der Waals surface area contributed by atoms with Gasteiger partial charge in [-0.15, -0.1) is 0 Å². The van der Waals surface area contributed by atoms with E-state index in [0.29, 0.717) is 0 Å². The summed E-state index contributed by atoms with van der Waals surface area (Å²) in [6.45, 7) is 9.48. The molecule has 0 saturated heterocycles. The first kappa shape index (κ1) is 23.7. The minimum absolute atomic E-state index is 0.0718. The second-order valence-electron chi connectivity index (χ2n) is 10.0. The molecule has 0 spiro atoms. The van der Waals surface area contributed by atoms with Gasteiger partial charge in [0.15, 0.2) is 14.6 Å². The largest absolute Gasteiger partial charge is 0.480 e. The van der Waals surface area contributed by atoms with Gasteiger partial charge < -0.3 is 9.53 Å². The minimum atomic E-state index is -3.96. The van der Waals surface area contributed by atoms with Gasteiger partial charge >= 0.3 is 5.97 Å². The highest BCUT2D eigenvalue weighted by molar-refractivity contribution is 7.95. The molecule has 0 aliphatic heterocycles. The van der Waals surface area contributed by atoms with Gasteiger partial charge in [0.05, 0.1) is 11.4 Å². The van der Waals surface area contributed by atoms with E-state index in [-0.39, 0.29) is 24.5 Å². The lowest BCUT2D eigenvalue weighted by atomic mass is 10.2. The molecule has 2 aromatic rings. The molecule has 0 bridgehead atoms. The molecule has 0 atom stereocenters. The van der Waals surface area contributed by atoms with Crippen molar-refractivity contribution in [2.75, 3.05) is 6.61 Å². The maximum absolute atomic E-state index is 13.4. The number of hydrogen-bond acceptors (Lipinski definition) is 4. The van der Waals surface area contributed by atoms with Gasteiger partial charge in [-0.2, -0.15) is 0 Å². The quantitative estimate of drug-likeness (QED) is 0.611. The van der Waals surface area contributed by atoms with Crippen LogP contribution >= 0.6 is 0 Å². The van der Waals surface area contributed by atoms with Gasteiger partial charge in [-0.3, -0.25) is 4.79 Å². The van der Waals surface area contributed by atoms with E-state index < -0.39 is 33.6 Å². The predicted molar refractivity (Wildman–Crippen MR) is 126 cm³/mol. The maximum atomic E-state index is 13.4. The van der Waals surface area contributed by atoms with Crippen LogP contribution in [0.1, 0.15) is 47.5 Å². The van der Waals surface area contributed by atoms with Gasteiger partial charge in [0.2, 0.25) is 0 Å². The summed E-state index contributed by atoms with van der Waals surface area (Å²) in [5, 5.41) is 11.4. The molecule has 168 valence electrons. The Balaban J connectivity index is 2.09. The van der Waals surface area contributed by atoms with Gasteiger partial charge in [-0.1, -0.05) is 81.4 Å². The van der Waals surface area contributed by atoms with Crippen molar-refractivity contribution in [1.29, 1.82) is 0 Å². The van der Waals surface area contributed by atoms with Crippen LogP contribution in [-0.2, 0) is 19.1 Å². The molecule has 0 unspecified atom stereocenters. The zero-order chi connectivity index (χ0) is 23.1. The Kier molecular flexibility index (Phi) is 6.01. The molecule has 7 heteroatoms. The summed E-state index contributed by atoms with van der Waals surface area (Å²) in [5.74, 6) is -1.26. The third-order valence-electron chi connectivity index (χ3n) is 6.39. The van der Waals surface area contributed by atoms with Crippen molar-refractivity contribution in [3.63, 3.8) is 0 Å². The zero-order valence-electron chi connectivity index (χ0n) is 18.9. The highest BCUT2D eigenvalue weighted by Gasteiger charge is 2.66. The molecule has 2 aromatic carbocycles. The maximum Gasteiger partial charge on any atom is 0.325 e. The van der Waals surface area contributed by atoms with Gasteiger partial charge in [-0.05, 0) is 42.1 Å². The van der Waals surface area contributed by atoms with E-state index in [2.05, 4.69) is 20.8 Å². The van der Waals surface area contributed by atoms with E-state index in [0.717, 1.165) is 10.4 Å². The van der Waals surface area contributed by atoms with Crippen LogP contribution < -0.4 is 10.4 Å². The fraction of sp³-hybridized carbons (Fsp3) is 0.458. The Morgan fingerprint density at radius 1 is 0.935 bits per heavy atom. The second-order valence-corrected chi connectivity index (χ2v) is 17.2. The molecule has 1 saturated carbocycles. The molecular weight excluding hydrogens is 428 g/mol. The first-order valence-corrected chi connectivity index (χ1v) is 13.9. The number of hydrogen-bond donors (Lipinski definition) is 1. The Morgan fingerprint density at radius 3 is 1.68 bits per heavy atom. The van der Waals surface area contributed by atoms with Crippen molar-refractivity contribution in [3.05, 3.63) is 60.7 Å². The summed E-state index contributed by atoms with van der Waals surface area (Å²) >= 11 is 0. The fourth-order valence-corrected chi connectivity index (χ4v) is 11.3. The smallest absolute Gasteiger partial charge is 0.325 e. The summed E-state index contributed by atoms with van der Waals surface area (Å²) in [7, 11) is -6.88. The lowest BCUT2D eigenvalue weighted by molar-refractivity contribution is -0.137. The number of rotatable bonds is 8. The zero-order valence-corrected chi connectivity index (χ0v) is 20.7. The molecule has 3 rings (SSSR count).